The van der Waals surface area contributed by atoms with E-state index in [2.05, 4.69) is 10.3 Å². The fourth-order valence-electron chi connectivity index (χ4n) is 3.91. The molecular weight excluding hydrogens is 372 g/mol. The summed E-state index contributed by atoms with van der Waals surface area (Å²) < 4.78 is 5.01. The first-order valence-corrected chi connectivity index (χ1v) is 9.41. The number of aryl methyl sites for hydroxylation is 1. The number of H-pyrrole nitrogens is 1. The summed E-state index contributed by atoms with van der Waals surface area (Å²) in [6.45, 7) is 0. The van der Waals surface area contributed by atoms with Gasteiger partial charge < -0.3 is 25.3 Å². The number of benzene rings is 2. The Kier molecular flexibility index (Phi) is 4.66. The first-order valence-electron chi connectivity index (χ1n) is 9.41. The van der Waals surface area contributed by atoms with E-state index >= 15 is 0 Å². The van der Waals surface area contributed by atoms with Crippen molar-refractivity contribution in [2.45, 2.75) is 30.7 Å². The van der Waals surface area contributed by atoms with E-state index in [0.717, 1.165) is 22.0 Å². The minimum absolute atomic E-state index is 0.00834. The van der Waals surface area contributed by atoms with Crippen LogP contribution in [0.25, 0.3) is 10.9 Å². The first-order chi connectivity index (χ1) is 13.9. The molecule has 29 heavy (non-hydrogen) atoms. The zero-order valence-corrected chi connectivity index (χ0v) is 15.9. The van der Waals surface area contributed by atoms with Crippen LogP contribution in [0.3, 0.4) is 0 Å². The summed E-state index contributed by atoms with van der Waals surface area (Å²) in [5.41, 5.74) is 1.35. The van der Waals surface area contributed by atoms with Gasteiger partial charge in [-0.2, -0.15) is 0 Å². The molecule has 1 saturated carbocycles. The van der Waals surface area contributed by atoms with E-state index in [1.54, 1.807) is 18.2 Å². The van der Waals surface area contributed by atoms with Gasteiger partial charge in [0.15, 0.2) is 11.5 Å². The zero-order chi connectivity index (χ0) is 20.6. The third kappa shape index (κ3) is 3.40. The quantitative estimate of drug-likeness (QED) is 0.492. The molecule has 1 fully saturated rings. The Labute approximate surface area is 167 Å². The van der Waals surface area contributed by atoms with Gasteiger partial charge >= 0.3 is 5.97 Å². The molecule has 150 valence electrons. The number of rotatable bonds is 7. The monoisotopic (exact) mass is 394 g/mol. The van der Waals surface area contributed by atoms with Crippen LogP contribution in [0, 0.1) is 0 Å². The number of hydrogen-bond acceptors (Lipinski definition) is 4. The Bertz CT molecular complexity index is 1090. The molecule has 0 spiro atoms. The van der Waals surface area contributed by atoms with Gasteiger partial charge in [0, 0.05) is 29.4 Å². The number of carbonyl (C=O) groups excluding carboxylic acids is 1. The van der Waals surface area contributed by atoms with Crippen LogP contribution in [-0.2, 0) is 16.0 Å². The number of carbonyl (C=O) groups is 2. The van der Waals surface area contributed by atoms with Crippen LogP contribution in [0.2, 0.25) is 0 Å². The minimum atomic E-state index is -1.27. The molecule has 2 aromatic carbocycles. The predicted octanol–water partition coefficient (Wildman–Crippen LogP) is 2.94. The van der Waals surface area contributed by atoms with Crippen molar-refractivity contribution >= 4 is 22.8 Å². The third-order valence-electron chi connectivity index (χ3n) is 5.59. The van der Waals surface area contributed by atoms with Crippen molar-refractivity contribution in [2.75, 3.05) is 7.11 Å². The highest BCUT2D eigenvalue weighted by Gasteiger charge is 2.62. The molecule has 2 atom stereocenters. The van der Waals surface area contributed by atoms with Gasteiger partial charge in [0.05, 0.1) is 7.11 Å². The van der Waals surface area contributed by atoms with Gasteiger partial charge in [0.2, 0.25) is 5.91 Å². The second-order valence-electron chi connectivity index (χ2n) is 7.38. The Balaban J connectivity index is 1.45. The second-order valence-corrected chi connectivity index (χ2v) is 7.38. The van der Waals surface area contributed by atoms with Gasteiger partial charge in [-0.3, -0.25) is 4.79 Å². The number of phenols is 1. The van der Waals surface area contributed by atoms with E-state index in [1.165, 1.54) is 7.11 Å². The van der Waals surface area contributed by atoms with E-state index in [1.807, 2.05) is 30.5 Å². The van der Waals surface area contributed by atoms with Gasteiger partial charge in [-0.15, -0.1) is 0 Å². The topological polar surface area (TPSA) is 112 Å². The van der Waals surface area contributed by atoms with E-state index in [4.69, 9.17) is 4.74 Å². The smallest absolute Gasteiger partial charge is 0.330 e. The lowest BCUT2D eigenvalue weighted by atomic mass is 10.0. The minimum Gasteiger partial charge on any atom is -0.504 e. The molecule has 1 heterocycles. The molecule has 7 nitrogen and oxygen atoms in total. The maximum absolute atomic E-state index is 12.5. The van der Waals surface area contributed by atoms with Crippen molar-refractivity contribution < 1.29 is 24.5 Å². The Morgan fingerprint density at radius 3 is 2.79 bits per heavy atom. The summed E-state index contributed by atoms with van der Waals surface area (Å²) in [4.78, 5) is 27.6. The number of aromatic nitrogens is 1. The number of carboxylic acids is 1. The average molecular weight is 394 g/mol. The lowest BCUT2D eigenvalue weighted by molar-refractivity contribution is -0.143. The fraction of sp³-hybridized carbons (Fsp3) is 0.273. The number of fused-ring (bicyclic) bond motifs is 1. The summed E-state index contributed by atoms with van der Waals surface area (Å²) >= 11 is 0. The van der Waals surface area contributed by atoms with Crippen LogP contribution in [0.4, 0.5) is 0 Å². The number of aromatic amines is 1. The van der Waals surface area contributed by atoms with Crippen LogP contribution in [0.15, 0.2) is 48.7 Å². The van der Waals surface area contributed by atoms with E-state index < -0.39 is 11.5 Å². The van der Waals surface area contributed by atoms with Crippen molar-refractivity contribution in [2.24, 2.45) is 0 Å². The molecule has 1 aromatic heterocycles. The maximum atomic E-state index is 12.5. The highest BCUT2D eigenvalue weighted by Crippen LogP contribution is 2.53. The number of para-hydroxylation sites is 1. The van der Waals surface area contributed by atoms with Crippen LogP contribution >= 0.6 is 0 Å². The molecule has 0 aliphatic heterocycles. The molecule has 2 unspecified atom stereocenters. The van der Waals surface area contributed by atoms with Gasteiger partial charge in [-0.25, -0.2) is 4.79 Å². The standard InChI is InChI=1S/C22H22N2O5/c1-29-19-8-6-13(10-18(19)25)7-9-20(26)24-22(21(27)28)11-16(22)15-12-23-17-5-3-2-4-14(15)17/h2-6,8,10,12,16,23,25H,7,9,11H2,1H3,(H,24,26)(H,27,28). The fourth-order valence-corrected chi connectivity index (χ4v) is 3.91. The second kappa shape index (κ2) is 7.16. The van der Waals surface area contributed by atoms with E-state index in [-0.39, 0.29) is 24.0 Å². The molecule has 0 saturated heterocycles. The average Bonchev–Trinajstić information content (AvgIpc) is 3.27. The summed E-state index contributed by atoms with van der Waals surface area (Å²) in [6.07, 6.45) is 2.70. The molecule has 0 bridgehead atoms. The van der Waals surface area contributed by atoms with Crippen LogP contribution < -0.4 is 10.1 Å². The van der Waals surface area contributed by atoms with Crippen molar-refractivity contribution in [3.63, 3.8) is 0 Å². The zero-order valence-electron chi connectivity index (χ0n) is 15.9. The molecule has 4 N–H and O–H groups in total. The molecule has 1 aliphatic rings. The molecular formula is C22H22N2O5. The molecule has 4 rings (SSSR count). The summed E-state index contributed by atoms with van der Waals surface area (Å²) in [5.74, 6) is -1.25. The number of carboxylic acid groups (broad SMARTS) is 1. The van der Waals surface area contributed by atoms with Gasteiger partial charge in [-0.1, -0.05) is 24.3 Å². The molecule has 0 radical (unpaired) electrons. The predicted molar refractivity (Wildman–Crippen MR) is 107 cm³/mol. The number of amides is 1. The van der Waals surface area contributed by atoms with Crippen molar-refractivity contribution in [3.05, 3.63) is 59.8 Å². The molecule has 1 amide bonds. The van der Waals surface area contributed by atoms with Crippen molar-refractivity contribution in [1.29, 1.82) is 0 Å². The molecule has 1 aliphatic carbocycles. The van der Waals surface area contributed by atoms with E-state index in [0.29, 0.717) is 18.6 Å². The normalized spacial score (nSPS) is 20.4. The highest BCUT2D eigenvalue weighted by molar-refractivity contribution is 5.94. The van der Waals surface area contributed by atoms with Crippen molar-refractivity contribution in [1.82, 2.24) is 10.3 Å². The summed E-state index contributed by atoms with van der Waals surface area (Å²) in [7, 11) is 1.47. The van der Waals surface area contributed by atoms with Gasteiger partial charge in [0.1, 0.15) is 5.54 Å². The van der Waals surface area contributed by atoms with Crippen LogP contribution in [0.1, 0.15) is 29.9 Å². The van der Waals surface area contributed by atoms with Crippen LogP contribution in [-0.4, -0.2) is 39.7 Å². The number of hydrogen-bond donors (Lipinski definition) is 4. The highest BCUT2D eigenvalue weighted by atomic mass is 16.5. The van der Waals surface area contributed by atoms with Gasteiger partial charge in [0.25, 0.3) is 0 Å². The number of aromatic hydroxyl groups is 1. The van der Waals surface area contributed by atoms with E-state index in [9.17, 15) is 19.8 Å². The summed E-state index contributed by atoms with van der Waals surface area (Å²) in [6, 6.07) is 12.7. The summed E-state index contributed by atoms with van der Waals surface area (Å²) in [5, 5.41) is 23.4. The van der Waals surface area contributed by atoms with Crippen molar-refractivity contribution in [3.8, 4) is 11.5 Å². The number of ether oxygens (including phenoxy) is 1. The number of methoxy groups -OCH3 is 1. The molecule has 7 heteroatoms. The number of phenolic OH excluding ortho intramolecular Hbond substituents is 1. The number of aliphatic carboxylic acids is 1. The Morgan fingerprint density at radius 1 is 1.28 bits per heavy atom. The SMILES string of the molecule is COc1ccc(CCC(=O)NC2(C(=O)O)CC2c2c[nH]c3ccccc23)cc1O. The molecule has 3 aromatic rings. The Morgan fingerprint density at radius 2 is 2.07 bits per heavy atom. The Hall–Kier alpha value is -3.48. The maximum Gasteiger partial charge on any atom is 0.330 e. The largest absolute Gasteiger partial charge is 0.504 e. The third-order valence-corrected chi connectivity index (χ3v) is 5.59. The van der Waals surface area contributed by atoms with Crippen LogP contribution in [0.5, 0.6) is 11.5 Å². The number of nitrogens with one attached hydrogen (secondary N) is 2. The first kappa shape index (κ1) is 18.9. The lowest BCUT2D eigenvalue weighted by Gasteiger charge is -2.15. The lowest BCUT2D eigenvalue weighted by Crippen LogP contribution is -2.44. The van der Waals surface area contributed by atoms with Gasteiger partial charge in [-0.05, 0) is 42.2 Å².